The predicted molar refractivity (Wildman–Crippen MR) is 105 cm³/mol. The molecular formula is C20H17N3O4S. The van der Waals surface area contributed by atoms with E-state index in [9.17, 15) is 14.4 Å². The van der Waals surface area contributed by atoms with Crippen LogP contribution < -0.4 is 5.32 Å². The van der Waals surface area contributed by atoms with Gasteiger partial charge in [-0.05, 0) is 30.5 Å². The first-order valence-electron chi connectivity index (χ1n) is 8.78. The molecule has 0 spiro atoms. The number of ether oxygens (including phenoxy) is 1. The molecule has 1 aliphatic rings. The molecule has 2 aromatic heterocycles. The van der Waals surface area contributed by atoms with Gasteiger partial charge in [-0.2, -0.15) is 0 Å². The first-order valence-corrected chi connectivity index (χ1v) is 9.66. The van der Waals surface area contributed by atoms with Crippen molar-refractivity contribution >= 4 is 40.1 Å². The quantitative estimate of drug-likeness (QED) is 0.686. The smallest absolute Gasteiger partial charge is 0.339 e. The molecule has 1 fully saturated rings. The van der Waals surface area contributed by atoms with E-state index in [-0.39, 0.29) is 6.54 Å². The number of amides is 3. The summed E-state index contributed by atoms with van der Waals surface area (Å²) < 4.78 is 5.40. The van der Waals surface area contributed by atoms with Crippen LogP contribution in [0.4, 0.5) is 4.79 Å². The van der Waals surface area contributed by atoms with Crippen molar-refractivity contribution in [2.45, 2.75) is 13.0 Å². The van der Waals surface area contributed by atoms with Crippen molar-refractivity contribution in [3.8, 4) is 10.6 Å². The Bertz CT molecular complexity index is 1060. The zero-order valence-electron chi connectivity index (χ0n) is 15.0. The fraction of sp³-hybridized carbons (Fsp3) is 0.200. The third kappa shape index (κ3) is 3.34. The number of benzene rings is 1. The molecule has 3 amide bonds. The van der Waals surface area contributed by atoms with Crippen LogP contribution in [0.15, 0.2) is 47.8 Å². The molecule has 0 unspecified atom stereocenters. The molecule has 3 aromatic rings. The van der Waals surface area contributed by atoms with E-state index < -0.39 is 24.0 Å². The lowest BCUT2D eigenvalue weighted by molar-refractivity contribution is -0.136. The van der Waals surface area contributed by atoms with Crippen molar-refractivity contribution in [1.82, 2.24) is 15.2 Å². The van der Waals surface area contributed by atoms with Crippen molar-refractivity contribution in [2.75, 3.05) is 13.1 Å². The van der Waals surface area contributed by atoms with Crippen LogP contribution in [0.3, 0.4) is 0 Å². The van der Waals surface area contributed by atoms with E-state index in [4.69, 9.17) is 4.74 Å². The minimum absolute atomic E-state index is 0.264. The van der Waals surface area contributed by atoms with E-state index in [1.807, 2.05) is 35.7 Å². The van der Waals surface area contributed by atoms with Gasteiger partial charge in [0.15, 0.2) is 6.10 Å². The van der Waals surface area contributed by atoms with Crippen molar-refractivity contribution in [1.29, 1.82) is 0 Å². The second-order valence-electron chi connectivity index (χ2n) is 6.32. The summed E-state index contributed by atoms with van der Waals surface area (Å²) in [5.41, 5.74) is 1.66. The Morgan fingerprint density at radius 1 is 1.25 bits per heavy atom. The fourth-order valence-corrected chi connectivity index (χ4v) is 3.76. The van der Waals surface area contributed by atoms with Crippen LogP contribution in [0.2, 0.25) is 0 Å². The van der Waals surface area contributed by atoms with Gasteiger partial charge < -0.3 is 10.1 Å². The van der Waals surface area contributed by atoms with Crippen LogP contribution in [-0.4, -0.2) is 47.0 Å². The molecule has 7 nitrogen and oxygen atoms in total. The summed E-state index contributed by atoms with van der Waals surface area (Å²) in [6.07, 6.45) is -1.08. The largest absolute Gasteiger partial charge is 0.449 e. The third-order valence-corrected chi connectivity index (χ3v) is 5.36. The number of thiophene rings is 1. The van der Waals surface area contributed by atoms with E-state index in [2.05, 4.69) is 10.3 Å². The summed E-state index contributed by atoms with van der Waals surface area (Å²) in [6, 6.07) is 12.3. The Morgan fingerprint density at radius 3 is 2.79 bits per heavy atom. The Hall–Kier alpha value is -3.26. The van der Waals surface area contributed by atoms with E-state index >= 15 is 0 Å². The number of esters is 1. The third-order valence-electron chi connectivity index (χ3n) is 4.46. The van der Waals surface area contributed by atoms with Gasteiger partial charge in [-0.25, -0.2) is 14.6 Å². The maximum Gasteiger partial charge on any atom is 0.339 e. The molecule has 8 heteroatoms. The maximum atomic E-state index is 12.9. The van der Waals surface area contributed by atoms with E-state index in [1.54, 1.807) is 12.1 Å². The topological polar surface area (TPSA) is 88.6 Å². The lowest BCUT2D eigenvalue weighted by Gasteiger charge is -2.18. The Morgan fingerprint density at radius 2 is 2.07 bits per heavy atom. The van der Waals surface area contributed by atoms with E-state index in [0.29, 0.717) is 28.7 Å². The lowest BCUT2D eigenvalue weighted by atomic mass is 10.1. The molecule has 0 radical (unpaired) electrons. The van der Waals surface area contributed by atoms with Gasteiger partial charge in [0.2, 0.25) is 0 Å². The molecule has 4 rings (SSSR count). The SMILES string of the molecule is C[C@@H](OC(=O)c1cc(-c2cccs2)nc2ccccc12)C(=O)N1CCNC1=O. The molecule has 1 saturated heterocycles. The predicted octanol–water partition coefficient (Wildman–Crippen LogP) is 3.06. The number of hydrogen-bond donors (Lipinski definition) is 1. The second kappa shape index (κ2) is 7.40. The molecule has 142 valence electrons. The number of carbonyl (C=O) groups excluding carboxylic acids is 3. The minimum Gasteiger partial charge on any atom is -0.449 e. The van der Waals surface area contributed by atoms with Gasteiger partial charge in [0.05, 0.1) is 21.7 Å². The van der Waals surface area contributed by atoms with Gasteiger partial charge in [0.25, 0.3) is 5.91 Å². The molecule has 1 N–H and O–H groups in total. The monoisotopic (exact) mass is 395 g/mol. The standard InChI is InChI=1S/C20H17N3O4S/c1-12(18(24)23-9-8-21-20(23)26)27-19(25)14-11-16(17-7-4-10-28-17)22-15-6-3-2-5-13(14)15/h2-7,10-12H,8-9H2,1H3,(H,21,26)/t12-/m1/s1. The number of pyridine rings is 1. The number of urea groups is 1. The molecular weight excluding hydrogens is 378 g/mol. The normalized spacial score (nSPS) is 14.8. The number of fused-ring (bicyclic) bond motifs is 1. The van der Waals surface area contributed by atoms with Crippen LogP contribution in [0.1, 0.15) is 17.3 Å². The average molecular weight is 395 g/mol. The average Bonchev–Trinajstić information content (AvgIpc) is 3.38. The Labute approximate surface area is 164 Å². The summed E-state index contributed by atoms with van der Waals surface area (Å²) in [7, 11) is 0. The number of imide groups is 1. The van der Waals surface area contributed by atoms with Crippen molar-refractivity contribution in [3.63, 3.8) is 0 Å². The number of nitrogens with one attached hydrogen (secondary N) is 1. The summed E-state index contributed by atoms with van der Waals surface area (Å²) in [6.45, 7) is 2.13. The highest BCUT2D eigenvalue weighted by Gasteiger charge is 2.32. The van der Waals surface area contributed by atoms with Crippen LogP contribution in [-0.2, 0) is 9.53 Å². The number of nitrogens with zero attached hydrogens (tertiary/aromatic N) is 2. The zero-order valence-corrected chi connectivity index (χ0v) is 15.9. The fourth-order valence-electron chi connectivity index (χ4n) is 3.07. The van der Waals surface area contributed by atoms with Gasteiger partial charge in [-0.3, -0.25) is 9.69 Å². The summed E-state index contributed by atoms with van der Waals surface area (Å²) in [5, 5.41) is 5.14. The van der Waals surface area contributed by atoms with Gasteiger partial charge >= 0.3 is 12.0 Å². The van der Waals surface area contributed by atoms with Crippen molar-refractivity contribution < 1.29 is 19.1 Å². The summed E-state index contributed by atoms with van der Waals surface area (Å²) in [5.74, 6) is -1.17. The van der Waals surface area contributed by atoms with Crippen LogP contribution >= 0.6 is 11.3 Å². The van der Waals surface area contributed by atoms with Crippen molar-refractivity contribution in [2.24, 2.45) is 0 Å². The van der Waals surface area contributed by atoms with Crippen LogP contribution in [0.25, 0.3) is 21.5 Å². The molecule has 0 saturated carbocycles. The first-order chi connectivity index (χ1) is 13.5. The minimum atomic E-state index is -1.08. The Kier molecular flexibility index (Phi) is 4.79. The number of hydrogen-bond acceptors (Lipinski definition) is 6. The van der Waals surface area contributed by atoms with E-state index in [0.717, 1.165) is 9.78 Å². The van der Waals surface area contributed by atoms with E-state index in [1.165, 1.54) is 18.3 Å². The molecule has 0 bridgehead atoms. The molecule has 0 aliphatic carbocycles. The van der Waals surface area contributed by atoms with Crippen molar-refractivity contribution in [3.05, 3.63) is 53.4 Å². The molecule has 1 atom stereocenters. The van der Waals surface area contributed by atoms with Crippen LogP contribution in [0, 0.1) is 0 Å². The number of para-hydroxylation sites is 1. The highest BCUT2D eigenvalue weighted by molar-refractivity contribution is 7.13. The summed E-state index contributed by atoms with van der Waals surface area (Å²) >= 11 is 1.52. The first kappa shape index (κ1) is 18.1. The van der Waals surface area contributed by atoms with Gasteiger partial charge in [0, 0.05) is 18.5 Å². The number of aromatic nitrogens is 1. The molecule has 3 heterocycles. The van der Waals surface area contributed by atoms with Gasteiger partial charge in [0.1, 0.15) is 0 Å². The number of carbonyl (C=O) groups is 3. The Balaban J connectivity index is 1.65. The molecule has 1 aliphatic heterocycles. The highest BCUT2D eigenvalue weighted by atomic mass is 32.1. The lowest BCUT2D eigenvalue weighted by Crippen LogP contribution is -2.41. The summed E-state index contributed by atoms with van der Waals surface area (Å²) in [4.78, 5) is 43.6. The second-order valence-corrected chi connectivity index (χ2v) is 7.27. The van der Waals surface area contributed by atoms with Crippen LogP contribution in [0.5, 0.6) is 0 Å². The number of rotatable bonds is 4. The maximum absolute atomic E-state index is 12.9. The van der Waals surface area contributed by atoms with Gasteiger partial charge in [-0.1, -0.05) is 24.3 Å². The molecule has 28 heavy (non-hydrogen) atoms. The highest BCUT2D eigenvalue weighted by Crippen LogP contribution is 2.28. The van der Waals surface area contributed by atoms with Gasteiger partial charge in [-0.15, -0.1) is 11.3 Å². The zero-order chi connectivity index (χ0) is 19.7. The molecule has 1 aromatic carbocycles.